The molecule has 0 saturated heterocycles. The number of halogens is 6. The Morgan fingerprint density at radius 3 is 2.42 bits per heavy atom. The van der Waals surface area contributed by atoms with E-state index in [9.17, 15) is 27.9 Å². The summed E-state index contributed by atoms with van der Waals surface area (Å²) in [4.78, 5) is 29.9. The number of aromatic nitrogens is 1. The Morgan fingerprint density at radius 1 is 1.25 bits per heavy atom. The highest BCUT2D eigenvalue weighted by molar-refractivity contribution is 14.1. The fraction of sp³-hybridized carbons (Fsp3) is 0.174. The Morgan fingerprint density at radius 2 is 1.86 bits per heavy atom. The normalized spacial score (nSPS) is 16.1. The van der Waals surface area contributed by atoms with Crippen LogP contribution in [0.5, 0.6) is 5.75 Å². The SMILES string of the molecule is CCOC(=O)C1=C(C(F)(F)F)N=c2s/c(=C\c3cc(I)c(O)c(I)c3)c(=O)n2[C@H]1c1ccc(Cl)cc1. The van der Waals surface area contributed by atoms with Crippen LogP contribution in [0.4, 0.5) is 13.2 Å². The van der Waals surface area contributed by atoms with Crippen molar-refractivity contribution in [3.05, 3.63) is 90.6 Å². The highest BCUT2D eigenvalue weighted by Gasteiger charge is 2.45. The van der Waals surface area contributed by atoms with Gasteiger partial charge in [0, 0.05) is 5.02 Å². The van der Waals surface area contributed by atoms with Crippen LogP contribution in [-0.2, 0) is 9.53 Å². The lowest BCUT2D eigenvalue weighted by Gasteiger charge is -2.26. The zero-order valence-electron chi connectivity index (χ0n) is 18.1. The second-order valence-electron chi connectivity index (χ2n) is 7.45. The molecule has 1 N–H and O–H groups in total. The van der Waals surface area contributed by atoms with Gasteiger partial charge in [-0.05, 0) is 93.6 Å². The number of fused-ring (bicyclic) bond motifs is 1. The summed E-state index contributed by atoms with van der Waals surface area (Å²) in [6.45, 7) is 1.31. The minimum absolute atomic E-state index is 0.0893. The van der Waals surface area contributed by atoms with Gasteiger partial charge in [0.1, 0.15) is 5.75 Å². The number of aromatic hydroxyl groups is 1. The average Bonchev–Trinajstić information content (AvgIpc) is 3.11. The van der Waals surface area contributed by atoms with Crippen LogP contribution >= 0.6 is 68.1 Å². The summed E-state index contributed by atoms with van der Waals surface area (Å²) in [5.41, 5.74) is -2.02. The van der Waals surface area contributed by atoms with E-state index >= 15 is 0 Å². The van der Waals surface area contributed by atoms with Gasteiger partial charge >= 0.3 is 12.1 Å². The van der Waals surface area contributed by atoms with E-state index in [1.165, 1.54) is 37.3 Å². The zero-order chi connectivity index (χ0) is 26.4. The monoisotopic (exact) mass is 760 g/mol. The van der Waals surface area contributed by atoms with E-state index < -0.39 is 35.0 Å². The van der Waals surface area contributed by atoms with Gasteiger partial charge in [-0.1, -0.05) is 35.1 Å². The van der Waals surface area contributed by atoms with Crippen molar-refractivity contribution in [3.63, 3.8) is 0 Å². The molecule has 2 heterocycles. The van der Waals surface area contributed by atoms with Crippen LogP contribution in [0, 0.1) is 7.14 Å². The predicted octanol–water partition coefficient (Wildman–Crippen LogP) is 4.91. The van der Waals surface area contributed by atoms with Gasteiger partial charge in [-0.2, -0.15) is 13.2 Å². The number of alkyl halides is 3. The summed E-state index contributed by atoms with van der Waals surface area (Å²) in [6.07, 6.45) is -3.47. The molecule has 0 bridgehead atoms. The minimum atomic E-state index is -4.98. The van der Waals surface area contributed by atoms with Crippen molar-refractivity contribution in [1.82, 2.24) is 4.57 Å². The Labute approximate surface area is 238 Å². The maximum atomic E-state index is 14.1. The number of carbonyl (C=O) groups is 1. The van der Waals surface area contributed by atoms with Gasteiger partial charge in [-0.15, -0.1) is 0 Å². The van der Waals surface area contributed by atoms with E-state index in [-0.39, 0.29) is 27.3 Å². The van der Waals surface area contributed by atoms with Crippen molar-refractivity contribution in [2.75, 3.05) is 6.61 Å². The molecule has 4 rings (SSSR count). The van der Waals surface area contributed by atoms with Crippen LogP contribution in [0.15, 0.2) is 57.5 Å². The molecule has 0 fully saturated rings. The standard InChI is InChI=1S/C23H14ClF3I2N2O4S/c1-2-35-21(34)16-17(11-3-5-12(24)6-4-11)31-20(33)15(36-22(31)30-19(16)23(25,26)27)9-10-7-13(28)18(32)14(29)8-10/h3-9,17,32H,2H2,1H3/b15-9-/t17-/m0/s1. The molecule has 1 atom stereocenters. The van der Waals surface area contributed by atoms with E-state index in [0.717, 1.165) is 15.9 Å². The number of ether oxygens (including phenoxy) is 1. The molecule has 6 nitrogen and oxygen atoms in total. The molecule has 36 heavy (non-hydrogen) atoms. The molecule has 1 aliphatic heterocycles. The smallest absolute Gasteiger partial charge is 0.434 e. The average molecular weight is 761 g/mol. The van der Waals surface area contributed by atoms with Crippen LogP contribution in [0.1, 0.15) is 24.1 Å². The van der Waals surface area contributed by atoms with E-state index in [1.807, 2.05) is 45.2 Å². The van der Waals surface area contributed by atoms with Gasteiger partial charge in [0.15, 0.2) is 10.5 Å². The molecule has 3 aromatic rings. The molecule has 0 saturated carbocycles. The Balaban J connectivity index is 2.05. The number of benzene rings is 2. The number of hydrogen-bond acceptors (Lipinski definition) is 6. The van der Waals surface area contributed by atoms with Crippen molar-refractivity contribution >= 4 is 80.2 Å². The summed E-state index contributed by atoms with van der Waals surface area (Å²) in [7, 11) is 0. The van der Waals surface area contributed by atoms with Crippen LogP contribution in [-0.4, -0.2) is 28.4 Å². The molecule has 1 aliphatic rings. The number of nitrogens with zero attached hydrogens (tertiary/aromatic N) is 2. The largest absolute Gasteiger partial charge is 0.506 e. The topological polar surface area (TPSA) is 80.9 Å². The van der Waals surface area contributed by atoms with Crippen molar-refractivity contribution in [1.29, 1.82) is 0 Å². The van der Waals surface area contributed by atoms with E-state index in [0.29, 0.717) is 17.7 Å². The first-order valence-electron chi connectivity index (χ1n) is 10.2. The Hall–Kier alpha value is -1.91. The van der Waals surface area contributed by atoms with E-state index in [4.69, 9.17) is 16.3 Å². The number of phenols is 1. The quantitative estimate of drug-likeness (QED) is 0.303. The fourth-order valence-corrected chi connectivity index (χ4v) is 6.56. The molecule has 1 aromatic heterocycles. The summed E-state index contributed by atoms with van der Waals surface area (Å²) in [5, 5.41) is 10.4. The second-order valence-corrected chi connectivity index (χ2v) is 11.2. The first kappa shape index (κ1) is 27.1. The lowest BCUT2D eigenvalue weighted by atomic mass is 9.95. The zero-order valence-corrected chi connectivity index (χ0v) is 24.0. The van der Waals surface area contributed by atoms with Gasteiger partial charge in [0.2, 0.25) is 0 Å². The summed E-state index contributed by atoms with van der Waals surface area (Å²) >= 11 is 10.6. The highest BCUT2D eigenvalue weighted by atomic mass is 127. The van der Waals surface area contributed by atoms with Gasteiger partial charge in [-0.25, -0.2) is 9.79 Å². The lowest BCUT2D eigenvalue weighted by molar-refractivity contribution is -0.140. The van der Waals surface area contributed by atoms with Crippen LogP contribution in [0.3, 0.4) is 0 Å². The van der Waals surface area contributed by atoms with Crippen molar-refractivity contribution < 1.29 is 27.8 Å². The molecule has 0 unspecified atom stereocenters. The van der Waals surface area contributed by atoms with Gasteiger partial charge in [0.05, 0.1) is 29.9 Å². The minimum Gasteiger partial charge on any atom is -0.506 e. The van der Waals surface area contributed by atoms with Gasteiger partial charge in [-0.3, -0.25) is 9.36 Å². The third-order valence-electron chi connectivity index (χ3n) is 5.12. The maximum absolute atomic E-state index is 14.1. The summed E-state index contributed by atoms with van der Waals surface area (Å²) in [5.74, 6) is -1.13. The molecular weight excluding hydrogens is 747 g/mol. The molecule has 0 spiro atoms. The fourth-order valence-electron chi connectivity index (χ4n) is 3.62. The maximum Gasteiger partial charge on any atom is 0.434 e. The first-order chi connectivity index (χ1) is 16.9. The number of hydrogen-bond donors (Lipinski definition) is 1. The second kappa shape index (κ2) is 10.5. The number of thiazole rings is 1. The molecule has 0 amide bonds. The van der Waals surface area contributed by atoms with Gasteiger partial charge < -0.3 is 9.84 Å². The summed E-state index contributed by atoms with van der Waals surface area (Å²) < 4.78 is 49.6. The number of phenolic OH excluding ortho intramolecular Hbond substituents is 1. The van der Waals surface area contributed by atoms with E-state index in [1.54, 1.807) is 12.1 Å². The molecule has 0 radical (unpaired) electrons. The number of allylic oxidation sites excluding steroid dienone is 1. The highest BCUT2D eigenvalue weighted by Crippen LogP contribution is 2.38. The van der Waals surface area contributed by atoms with Crippen molar-refractivity contribution in [2.45, 2.75) is 19.1 Å². The Kier molecular flexibility index (Phi) is 7.88. The third kappa shape index (κ3) is 5.22. The van der Waals surface area contributed by atoms with Crippen molar-refractivity contribution in [2.24, 2.45) is 4.99 Å². The number of rotatable bonds is 4. The van der Waals surface area contributed by atoms with Crippen LogP contribution < -0.4 is 14.9 Å². The molecular formula is C23H14ClF3I2N2O4S. The Bertz CT molecular complexity index is 1560. The number of carbonyl (C=O) groups excluding carboxylic acids is 1. The van der Waals surface area contributed by atoms with Crippen LogP contribution in [0.25, 0.3) is 6.08 Å². The summed E-state index contributed by atoms with van der Waals surface area (Å²) in [6, 6.07) is 7.67. The third-order valence-corrected chi connectivity index (χ3v) is 8.00. The molecule has 188 valence electrons. The van der Waals surface area contributed by atoms with Gasteiger partial charge in [0.25, 0.3) is 5.56 Å². The number of esters is 1. The predicted molar refractivity (Wildman–Crippen MR) is 146 cm³/mol. The molecule has 2 aromatic carbocycles. The molecule has 0 aliphatic carbocycles. The first-order valence-corrected chi connectivity index (χ1v) is 13.5. The van der Waals surface area contributed by atoms with E-state index in [2.05, 4.69) is 4.99 Å². The van der Waals surface area contributed by atoms with Crippen molar-refractivity contribution in [3.8, 4) is 5.75 Å². The van der Waals surface area contributed by atoms with Crippen LogP contribution in [0.2, 0.25) is 5.02 Å². The lowest BCUT2D eigenvalue weighted by Crippen LogP contribution is -2.41. The molecule has 13 heteroatoms.